The van der Waals surface area contributed by atoms with Crippen molar-refractivity contribution in [2.45, 2.75) is 26.0 Å². The van der Waals surface area contributed by atoms with Crippen molar-refractivity contribution in [1.82, 2.24) is 4.90 Å². The lowest BCUT2D eigenvalue weighted by atomic mass is 9.95. The maximum absolute atomic E-state index is 12.9. The van der Waals surface area contributed by atoms with E-state index < -0.39 is 17.7 Å². The van der Waals surface area contributed by atoms with E-state index in [1.54, 1.807) is 36.4 Å². The zero-order chi connectivity index (χ0) is 22.7. The molecule has 0 unspecified atom stereocenters. The number of carbonyl (C=O) groups is 2. The number of aromatic hydroxyl groups is 1. The zero-order valence-electron chi connectivity index (χ0n) is 18.3. The van der Waals surface area contributed by atoms with Crippen LogP contribution in [0.25, 0.3) is 5.76 Å². The average molecular weight is 426 g/mol. The summed E-state index contributed by atoms with van der Waals surface area (Å²) in [4.78, 5) is 28.4. The minimum atomic E-state index is -0.730. The van der Waals surface area contributed by atoms with Crippen LogP contribution in [0, 0.1) is 0 Å². The van der Waals surface area contributed by atoms with E-state index in [4.69, 9.17) is 4.74 Å². The minimum Gasteiger partial charge on any atom is -0.508 e. The molecule has 7 heteroatoms. The van der Waals surface area contributed by atoms with Gasteiger partial charge >= 0.3 is 0 Å². The van der Waals surface area contributed by atoms with Gasteiger partial charge in [-0.05, 0) is 55.8 Å². The molecular weight excluding hydrogens is 396 g/mol. The van der Waals surface area contributed by atoms with Gasteiger partial charge in [-0.3, -0.25) is 9.59 Å². The van der Waals surface area contributed by atoms with Crippen LogP contribution < -0.4 is 9.64 Å². The fourth-order valence-electron chi connectivity index (χ4n) is 3.58. The molecule has 0 bridgehead atoms. The van der Waals surface area contributed by atoms with Crippen LogP contribution in [0.1, 0.15) is 31.0 Å². The Morgan fingerprint density at radius 2 is 1.68 bits per heavy atom. The maximum atomic E-state index is 12.9. The largest absolute Gasteiger partial charge is 0.508 e. The Kier molecular flexibility index (Phi) is 6.65. The highest BCUT2D eigenvalue weighted by molar-refractivity contribution is 6.46. The van der Waals surface area contributed by atoms with Crippen molar-refractivity contribution >= 4 is 17.4 Å². The zero-order valence-corrected chi connectivity index (χ0v) is 18.3. The van der Waals surface area contributed by atoms with Gasteiger partial charge in [-0.1, -0.05) is 12.1 Å². The quantitative estimate of drug-likeness (QED) is 0.357. The number of nitrogens with one attached hydrogen (secondary N) is 1. The number of aliphatic hydroxyl groups is 1. The number of hydrogen-bond donors (Lipinski definition) is 3. The van der Waals surface area contributed by atoms with Gasteiger partial charge in [-0.15, -0.1) is 0 Å². The van der Waals surface area contributed by atoms with Crippen LogP contribution in [0.15, 0.2) is 54.1 Å². The van der Waals surface area contributed by atoms with E-state index in [9.17, 15) is 19.8 Å². The maximum Gasteiger partial charge on any atom is 0.295 e. The Labute approximate surface area is 182 Å². The summed E-state index contributed by atoms with van der Waals surface area (Å²) in [6.07, 6.45) is 0.0121. The highest BCUT2D eigenvalue weighted by Crippen LogP contribution is 2.39. The number of likely N-dealkylation sites (tertiary alicyclic amines) is 1. The molecule has 0 radical (unpaired) electrons. The molecule has 2 aromatic rings. The van der Waals surface area contributed by atoms with Crippen molar-refractivity contribution < 1.29 is 29.4 Å². The van der Waals surface area contributed by atoms with E-state index in [1.807, 2.05) is 27.9 Å². The third-order valence-electron chi connectivity index (χ3n) is 5.10. The predicted octanol–water partition coefficient (Wildman–Crippen LogP) is 1.75. The number of Topliss-reactive ketones (excluding diaryl/α,β-unsaturated/α-hetero) is 1. The molecule has 1 aliphatic heterocycles. The Balaban J connectivity index is 2.06. The van der Waals surface area contributed by atoms with E-state index in [-0.39, 0.29) is 23.2 Å². The van der Waals surface area contributed by atoms with E-state index in [0.29, 0.717) is 30.0 Å². The molecule has 1 saturated heterocycles. The predicted molar refractivity (Wildman–Crippen MR) is 117 cm³/mol. The van der Waals surface area contributed by atoms with Gasteiger partial charge in [0.15, 0.2) is 0 Å². The summed E-state index contributed by atoms with van der Waals surface area (Å²) >= 11 is 0. The van der Waals surface area contributed by atoms with E-state index in [2.05, 4.69) is 0 Å². The number of phenols is 1. The lowest BCUT2D eigenvalue weighted by Crippen LogP contribution is -3.06. The molecule has 7 nitrogen and oxygen atoms in total. The molecule has 1 aliphatic rings. The number of hydrogen-bond acceptors (Lipinski definition) is 5. The van der Waals surface area contributed by atoms with Crippen molar-refractivity contribution in [1.29, 1.82) is 0 Å². The molecule has 1 heterocycles. The van der Waals surface area contributed by atoms with Crippen LogP contribution in [0.5, 0.6) is 11.5 Å². The van der Waals surface area contributed by atoms with Crippen LogP contribution in [-0.4, -0.2) is 60.1 Å². The minimum absolute atomic E-state index is 0.0121. The van der Waals surface area contributed by atoms with Gasteiger partial charge in [0.1, 0.15) is 17.3 Å². The number of nitrogens with zero attached hydrogens (tertiary/aromatic N) is 1. The molecule has 1 amide bonds. The van der Waals surface area contributed by atoms with Gasteiger partial charge in [0, 0.05) is 5.56 Å². The SMILES string of the molecule is CC(C)Oc1ccc(C(O)=C2C(=O)C(=O)N(CC[NH+](C)C)[C@@H]2c2ccc(O)cc2)cc1. The Bertz CT molecular complexity index is 978. The van der Waals surface area contributed by atoms with E-state index in [0.717, 1.165) is 4.90 Å². The average Bonchev–Trinajstić information content (AvgIpc) is 2.97. The van der Waals surface area contributed by atoms with E-state index >= 15 is 0 Å². The van der Waals surface area contributed by atoms with Gasteiger partial charge < -0.3 is 24.7 Å². The number of ether oxygens (including phenoxy) is 1. The van der Waals surface area contributed by atoms with Crippen LogP contribution in [0.2, 0.25) is 0 Å². The molecule has 0 aliphatic carbocycles. The fourth-order valence-corrected chi connectivity index (χ4v) is 3.58. The smallest absolute Gasteiger partial charge is 0.295 e. The van der Waals surface area contributed by atoms with Crippen LogP contribution in [0.3, 0.4) is 0 Å². The van der Waals surface area contributed by atoms with Crippen molar-refractivity contribution in [3.8, 4) is 11.5 Å². The first-order valence-electron chi connectivity index (χ1n) is 10.3. The molecule has 164 valence electrons. The lowest BCUT2D eigenvalue weighted by molar-refractivity contribution is -0.857. The molecule has 0 saturated carbocycles. The molecule has 31 heavy (non-hydrogen) atoms. The number of likely N-dealkylation sites (N-methyl/N-ethyl adjacent to an activating group) is 1. The summed E-state index contributed by atoms with van der Waals surface area (Å²) in [5, 5.41) is 20.7. The van der Waals surface area contributed by atoms with Crippen molar-refractivity contribution in [3.63, 3.8) is 0 Å². The molecule has 1 atom stereocenters. The summed E-state index contributed by atoms with van der Waals surface area (Å²) in [7, 11) is 3.93. The number of aliphatic hydroxyl groups excluding tert-OH is 1. The number of carbonyl (C=O) groups excluding carboxylic acids is 2. The molecule has 3 N–H and O–H groups in total. The normalized spacial score (nSPS) is 18.3. The molecular formula is C24H29N2O5+. The standard InChI is InChI=1S/C24H28N2O5/c1-15(2)31-19-11-7-17(8-12-19)22(28)20-21(16-5-9-18(27)10-6-16)26(14-13-25(3)4)24(30)23(20)29/h5-12,15,21,27-28H,13-14H2,1-4H3/p+1/t21-/m1/s1. The summed E-state index contributed by atoms with van der Waals surface area (Å²) in [6.45, 7) is 4.84. The number of ketones is 1. The Morgan fingerprint density at radius 3 is 2.23 bits per heavy atom. The summed E-state index contributed by atoms with van der Waals surface area (Å²) < 4.78 is 5.63. The van der Waals surface area contributed by atoms with Crippen LogP contribution in [0.4, 0.5) is 0 Å². The molecule has 1 fully saturated rings. The van der Waals surface area contributed by atoms with Crippen molar-refractivity contribution in [3.05, 3.63) is 65.2 Å². The second-order valence-electron chi connectivity index (χ2n) is 8.23. The van der Waals surface area contributed by atoms with Crippen molar-refractivity contribution in [2.24, 2.45) is 0 Å². The molecule has 3 rings (SSSR count). The fraction of sp³-hybridized carbons (Fsp3) is 0.333. The molecule has 0 spiro atoms. The summed E-state index contributed by atoms with van der Waals surface area (Å²) in [5.74, 6) is -0.852. The number of rotatable bonds is 7. The number of phenolic OH excluding ortho intramolecular Hbond substituents is 1. The summed E-state index contributed by atoms with van der Waals surface area (Å²) in [5.41, 5.74) is 1.12. The van der Waals surface area contributed by atoms with Gasteiger partial charge in [0.05, 0.1) is 44.9 Å². The monoisotopic (exact) mass is 425 g/mol. The number of amides is 1. The first kappa shape index (κ1) is 22.4. The third-order valence-corrected chi connectivity index (χ3v) is 5.10. The van der Waals surface area contributed by atoms with Gasteiger partial charge in [0.2, 0.25) is 0 Å². The van der Waals surface area contributed by atoms with Crippen molar-refractivity contribution in [2.75, 3.05) is 27.2 Å². The number of quaternary nitrogens is 1. The Hall–Kier alpha value is -3.32. The second kappa shape index (κ2) is 9.22. The Morgan fingerprint density at radius 1 is 1.06 bits per heavy atom. The molecule has 2 aromatic carbocycles. The van der Waals surface area contributed by atoms with Gasteiger partial charge in [0.25, 0.3) is 11.7 Å². The summed E-state index contributed by atoms with van der Waals surface area (Å²) in [6, 6.07) is 12.4. The van der Waals surface area contributed by atoms with Crippen LogP contribution >= 0.6 is 0 Å². The number of benzene rings is 2. The topological polar surface area (TPSA) is 91.5 Å². The molecule has 0 aromatic heterocycles. The van der Waals surface area contributed by atoms with Gasteiger partial charge in [-0.2, -0.15) is 0 Å². The van der Waals surface area contributed by atoms with E-state index in [1.165, 1.54) is 17.0 Å². The first-order chi connectivity index (χ1) is 14.7. The lowest BCUT2D eigenvalue weighted by Gasteiger charge is -2.25. The first-order valence-corrected chi connectivity index (χ1v) is 10.3. The highest BCUT2D eigenvalue weighted by atomic mass is 16.5. The van der Waals surface area contributed by atoms with Gasteiger partial charge in [-0.25, -0.2) is 0 Å². The van der Waals surface area contributed by atoms with Crippen LogP contribution in [-0.2, 0) is 9.59 Å². The second-order valence-corrected chi connectivity index (χ2v) is 8.23. The highest BCUT2D eigenvalue weighted by Gasteiger charge is 2.46. The third kappa shape index (κ3) is 4.88.